The molecule has 0 bridgehead atoms. The number of benzene rings is 2. The maximum atomic E-state index is 12.2. The molecule has 2 aromatic rings. The van der Waals surface area contributed by atoms with Crippen molar-refractivity contribution in [2.75, 3.05) is 11.4 Å². The maximum Gasteiger partial charge on any atom is 0.279 e. The normalized spacial score (nSPS) is 11.6. The molecule has 0 aliphatic rings. The zero-order chi connectivity index (χ0) is 14.0. The molecule has 0 aromatic heterocycles. The molecule has 0 unspecified atom stereocenters. The lowest BCUT2D eigenvalue weighted by Crippen LogP contribution is -2.39. The summed E-state index contributed by atoms with van der Waals surface area (Å²) in [5.74, 6) is -0.545. The first-order valence-corrected chi connectivity index (χ1v) is 6.95. The smallest absolute Gasteiger partial charge is 0.279 e. The van der Waals surface area contributed by atoms with Gasteiger partial charge < -0.3 is 4.90 Å². The van der Waals surface area contributed by atoms with Gasteiger partial charge in [-0.2, -0.15) is 0 Å². The fraction of sp³-hybridized carbons (Fsp3) is 0.214. The Balaban J connectivity index is 2.56. The zero-order valence-electron chi connectivity index (χ0n) is 10.2. The molecular weight excluding hydrogens is 305 g/mol. The molecule has 100 valence electrons. The van der Waals surface area contributed by atoms with Crippen LogP contribution in [0.5, 0.6) is 0 Å². The van der Waals surface area contributed by atoms with Crippen molar-refractivity contribution in [2.45, 2.75) is 10.7 Å². The number of anilines is 1. The molecule has 0 saturated carbocycles. The Morgan fingerprint density at radius 1 is 1.11 bits per heavy atom. The fourth-order valence-corrected chi connectivity index (χ4v) is 2.33. The van der Waals surface area contributed by atoms with Gasteiger partial charge in [-0.05, 0) is 18.4 Å². The first-order chi connectivity index (χ1) is 8.95. The lowest BCUT2D eigenvalue weighted by Gasteiger charge is -2.25. The van der Waals surface area contributed by atoms with Crippen molar-refractivity contribution in [2.24, 2.45) is 0 Å². The minimum atomic E-state index is -1.95. The van der Waals surface area contributed by atoms with Gasteiger partial charge in [0.1, 0.15) is 0 Å². The van der Waals surface area contributed by atoms with Gasteiger partial charge in [-0.3, -0.25) is 4.79 Å². The van der Waals surface area contributed by atoms with Gasteiger partial charge in [-0.15, -0.1) is 0 Å². The Hall–Kier alpha value is -0.960. The standard InChI is InChI=1S/C14H12Cl3NO/c1-2-18(13(19)14(15,16)17)12-9-5-7-10-6-3-4-8-11(10)12/h3-9H,2H2,1H3. The molecule has 0 fully saturated rings. The topological polar surface area (TPSA) is 20.3 Å². The Morgan fingerprint density at radius 3 is 2.37 bits per heavy atom. The van der Waals surface area contributed by atoms with E-state index in [4.69, 9.17) is 34.8 Å². The summed E-state index contributed by atoms with van der Waals surface area (Å²) in [5.41, 5.74) is 0.747. The lowest BCUT2D eigenvalue weighted by atomic mass is 10.1. The number of carbonyl (C=O) groups is 1. The molecule has 2 rings (SSSR count). The highest BCUT2D eigenvalue weighted by Gasteiger charge is 2.35. The summed E-state index contributed by atoms with van der Waals surface area (Å²) >= 11 is 17.1. The summed E-state index contributed by atoms with van der Waals surface area (Å²) in [6.07, 6.45) is 0. The fourth-order valence-electron chi connectivity index (χ4n) is 2.02. The number of rotatable bonds is 2. The van der Waals surface area contributed by atoms with Crippen molar-refractivity contribution in [1.82, 2.24) is 0 Å². The molecule has 0 atom stereocenters. The molecule has 0 N–H and O–H groups in total. The molecule has 0 aliphatic heterocycles. The molecule has 0 spiro atoms. The third-order valence-corrected chi connectivity index (χ3v) is 3.35. The van der Waals surface area contributed by atoms with Gasteiger partial charge in [0, 0.05) is 11.9 Å². The lowest BCUT2D eigenvalue weighted by molar-refractivity contribution is -0.117. The third-order valence-electron chi connectivity index (χ3n) is 2.86. The Bertz CT molecular complexity index is 602. The SMILES string of the molecule is CCN(C(=O)C(Cl)(Cl)Cl)c1cccc2ccccc12. The first-order valence-electron chi connectivity index (χ1n) is 5.81. The summed E-state index contributed by atoms with van der Waals surface area (Å²) in [6, 6.07) is 13.5. The van der Waals surface area contributed by atoms with Crippen LogP contribution < -0.4 is 4.90 Å². The second kappa shape index (κ2) is 5.58. The minimum absolute atomic E-state index is 0.431. The first kappa shape index (κ1) is 14.4. The van der Waals surface area contributed by atoms with Crippen molar-refractivity contribution in [3.8, 4) is 0 Å². The van der Waals surface area contributed by atoms with E-state index < -0.39 is 9.70 Å². The summed E-state index contributed by atoms with van der Waals surface area (Å²) in [6.45, 7) is 2.27. The van der Waals surface area contributed by atoms with E-state index in [1.165, 1.54) is 4.90 Å². The third kappa shape index (κ3) is 2.97. The molecule has 2 nitrogen and oxygen atoms in total. The Kier molecular flexibility index (Phi) is 4.24. The number of halogens is 3. The van der Waals surface area contributed by atoms with Gasteiger partial charge in [0.25, 0.3) is 9.70 Å². The van der Waals surface area contributed by atoms with Gasteiger partial charge in [0.15, 0.2) is 0 Å². The number of hydrogen-bond acceptors (Lipinski definition) is 1. The molecule has 0 saturated heterocycles. The molecule has 0 aliphatic carbocycles. The van der Waals surface area contributed by atoms with Gasteiger partial charge in [-0.1, -0.05) is 71.2 Å². The predicted molar refractivity (Wildman–Crippen MR) is 82.3 cm³/mol. The van der Waals surface area contributed by atoms with Crippen LogP contribution in [0.1, 0.15) is 6.92 Å². The molecular formula is C14H12Cl3NO. The van der Waals surface area contributed by atoms with Gasteiger partial charge in [0.05, 0.1) is 5.69 Å². The van der Waals surface area contributed by atoms with E-state index in [0.29, 0.717) is 6.54 Å². The Labute approximate surface area is 126 Å². The van der Waals surface area contributed by atoms with Gasteiger partial charge in [0.2, 0.25) is 0 Å². The van der Waals surface area contributed by atoms with Crippen molar-refractivity contribution in [1.29, 1.82) is 0 Å². The van der Waals surface area contributed by atoms with Crippen LogP contribution >= 0.6 is 34.8 Å². The maximum absolute atomic E-state index is 12.2. The molecule has 2 aromatic carbocycles. The molecule has 0 heterocycles. The van der Waals surface area contributed by atoms with Crippen LogP contribution in [0.25, 0.3) is 10.8 Å². The van der Waals surface area contributed by atoms with Crippen LogP contribution in [0.2, 0.25) is 0 Å². The van der Waals surface area contributed by atoms with E-state index in [0.717, 1.165) is 16.5 Å². The summed E-state index contributed by atoms with van der Waals surface area (Å²) < 4.78 is -1.95. The van der Waals surface area contributed by atoms with Crippen LogP contribution in [-0.4, -0.2) is 16.2 Å². The van der Waals surface area contributed by atoms with Crippen molar-refractivity contribution < 1.29 is 4.79 Å². The summed E-state index contributed by atoms with van der Waals surface area (Å²) in [4.78, 5) is 13.7. The largest absolute Gasteiger partial charge is 0.308 e. The molecule has 0 radical (unpaired) electrons. The van der Waals surface area contributed by atoms with E-state index in [2.05, 4.69) is 0 Å². The quantitative estimate of drug-likeness (QED) is 0.744. The average Bonchev–Trinajstić information content (AvgIpc) is 2.38. The monoisotopic (exact) mass is 315 g/mol. The van der Waals surface area contributed by atoms with E-state index in [1.54, 1.807) is 0 Å². The van der Waals surface area contributed by atoms with E-state index >= 15 is 0 Å². The number of nitrogens with zero attached hydrogens (tertiary/aromatic N) is 1. The highest BCUT2D eigenvalue weighted by molar-refractivity contribution is 6.77. The highest BCUT2D eigenvalue weighted by atomic mass is 35.6. The van der Waals surface area contributed by atoms with E-state index in [-0.39, 0.29) is 0 Å². The number of carbonyl (C=O) groups excluding carboxylic acids is 1. The van der Waals surface area contributed by atoms with Crippen LogP contribution in [0.15, 0.2) is 42.5 Å². The zero-order valence-corrected chi connectivity index (χ0v) is 12.5. The Morgan fingerprint density at radius 2 is 1.74 bits per heavy atom. The van der Waals surface area contributed by atoms with Crippen molar-refractivity contribution in [3.05, 3.63) is 42.5 Å². The minimum Gasteiger partial charge on any atom is -0.308 e. The van der Waals surface area contributed by atoms with Crippen LogP contribution in [-0.2, 0) is 4.79 Å². The molecule has 19 heavy (non-hydrogen) atoms. The van der Waals surface area contributed by atoms with Crippen LogP contribution in [0, 0.1) is 0 Å². The predicted octanol–water partition coefficient (Wildman–Crippen LogP) is 4.56. The average molecular weight is 317 g/mol. The summed E-state index contributed by atoms with van der Waals surface area (Å²) in [5, 5.41) is 1.99. The molecule has 1 amide bonds. The number of alkyl halides is 3. The van der Waals surface area contributed by atoms with Crippen molar-refractivity contribution >= 4 is 57.2 Å². The summed E-state index contributed by atoms with van der Waals surface area (Å²) in [7, 11) is 0. The second-order valence-corrected chi connectivity index (χ2v) is 6.33. The number of hydrogen-bond donors (Lipinski definition) is 0. The van der Waals surface area contributed by atoms with Gasteiger partial charge >= 0.3 is 0 Å². The number of fused-ring (bicyclic) bond motifs is 1. The van der Waals surface area contributed by atoms with E-state index in [1.807, 2.05) is 49.4 Å². The van der Waals surface area contributed by atoms with E-state index in [9.17, 15) is 4.79 Å². The van der Waals surface area contributed by atoms with Gasteiger partial charge in [-0.25, -0.2) is 0 Å². The molecule has 5 heteroatoms. The number of amides is 1. The van der Waals surface area contributed by atoms with Crippen molar-refractivity contribution in [3.63, 3.8) is 0 Å². The second-order valence-electron chi connectivity index (χ2n) is 4.05. The highest BCUT2D eigenvalue weighted by Crippen LogP contribution is 2.33. The van der Waals surface area contributed by atoms with Crippen LogP contribution in [0.4, 0.5) is 5.69 Å². The van der Waals surface area contributed by atoms with Crippen LogP contribution in [0.3, 0.4) is 0 Å².